The smallest absolute Gasteiger partial charge is 0.433 e. The second-order valence-electron chi connectivity index (χ2n) is 8.05. The Morgan fingerprint density at radius 2 is 1.87 bits per heavy atom. The Morgan fingerprint density at radius 3 is 2.43 bits per heavy atom. The first-order chi connectivity index (χ1) is 13.9. The molecule has 2 aromatic rings. The topological polar surface area (TPSA) is 51.7 Å². The molecule has 5 nitrogen and oxygen atoms in total. The van der Waals surface area contributed by atoms with E-state index < -0.39 is 11.9 Å². The maximum atomic E-state index is 12.7. The Morgan fingerprint density at radius 1 is 1.17 bits per heavy atom. The van der Waals surface area contributed by atoms with Crippen molar-refractivity contribution < 1.29 is 27.4 Å². The summed E-state index contributed by atoms with van der Waals surface area (Å²) in [6.45, 7) is 6.12. The van der Waals surface area contributed by atoms with E-state index in [9.17, 15) is 18.0 Å². The van der Waals surface area contributed by atoms with Crippen LogP contribution >= 0.6 is 0 Å². The van der Waals surface area contributed by atoms with Crippen molar-refractivity contribution in [2.24, 2.45) is 0 Å². The van der Waals surface area contributed by atoms with E-state index in [-0.39, 0.29) is 11.7 Å². The molecular weight excluding hydrogens is 397 g/mol. The van der Waals surface area contributed by atoms with Gasteiger partial charge in [0.1, 0.15) is 17.0 Å². The molecule has 164 valence electrons. The average molecular weight is 424 g/mol. The van der Waals surface area contributed by atoms with Gasteiger partial charge in [0.15, 0.2) is 0 Å². The Labute approximate surface area is 174 Å². The second-order valence-corrected chi connectivity index (χ2v) is 8.05. The van der Waals surface area contributed by atoms with Gasteiger partial charge in [0.05, 0.1) is 6.61 Å². The van der Waals surface area contributed by atoms with Crippen molar-refractivity contribution in [1.82, 2.24) is 9.88 Å². The van der Waals surface area contributed by atoms with Gasteiger partial charge in [-0.3, -0.25) is 4.98 Å². The van der Waals surface area contributed by atoms with Gasteiger partial charge in [0.25, 0.3) is 0 Å². The number of rotatable bonds is 1. The minimum absolute atomic E-state index is 0.299. The molecule has 0 unspecified atom stereocenters. The molecule has 8 heteroatoms. The van der Waals surface area contributed by atoms with Crippen molar-refractivity contribution in [3.63, 3.8) is 0 Å². The Kier molecular flexibility index (Phi) is 7.34. The number of fused-ring (bicyclic) bond motifs is 1. The Bertz CT molecular complexity index is 875. The van der Waals surface area contributed by atoms with E-state index in [1.54, 1.807) is 26.2 Å². The molecule has 0 atom stereocenters. The molecule has 1 aliphatic heterocycles. The zero-order chi connectivity index (χ0) is 22.5. The van der Waals surface area contributed by atoms with E-state index in [1.807, 2.05) is 32.9 Å². The van der Waals surface area contributed by atoms with Crippen LogP contribution in [0.4, 0.5) is 18.0 Å². The van der Waals surface area contributed by atoms with E-state index in [2.05, 4.69) is 4.98 Å². The van der Waals surface area contributed by atoms with Gasteiger partial charge in [-0.25, -0.2) is 4.79 Å². The lowest BCUT2D eigenvalue weighted by atomic mass is 9.98. The van der Waals surface area contributed by atoms with Crippen molar-refractivity contribution in [2.75, 3.05) is 20.7 Å². The predicted octanol–water partition coefficient (Wildman–Crippen LogP) is 5.58. The molecule has 30 heavy (non-hydrogen) atoms. The van der Waals surface area contributed by atoms with Gasteiger partial charge in [-0.05, 0) is 56.9 Å². The number of carbonyl (C=O) groups is 1. The molecule has 1 amide bonds. The summed E-state index contributed by atoms with van der Waals surface area (Å²) in [5, 5.41) is 0. The number of hydrogen-bond donors (Lipinski definition) is 0. The molecule has 2 heterocycles. The number of pyridine rings is 1. The minimum Gasteiger partial charge on any atom is -0.493 e. The maximum absolute atomic E-state index is 12.7. The van der Waals surface area contributed by atoms with Crippen LogP contribution < -0.4 is 4.74 Å². The van der Waals surface area contributed by atoms with E-state index in [4.69, 9.17) is 9.47 Å². The standard InChI is InChI=1S/C15H12F3NO.C7H15NO2/c16-15(17,18)13-9-11(6-7-19-13)12-5-1-3-10-4-2-8-20-14(10)12;1-7(2,3)10-6(9)8(4)5/h1,3,5-7,9H,2,4,8H2;1-5H3. The summed E-state index contributed by atoms with van der Waals surface area (Å²) in [7, 11) is 3.32. The second kappa shape index (κ2) is 9.36. The zero-order valence-electron chi connectivity index (χ0n) is 17.8. The number of amides is 1. The van der Waals surface area contributed by atoms with Crippen LogP contribution in [0.3, 0.4) is 0 Å². The van der Waals surface area contributed by atoms with Crippen LogP contribution in [0.15, 0.2) is 36.5 Å². The Balaban J connectivity index is 0.000000274. The minimum atomic E-state index is -4.44. The first-order valence-electron chi connectivity index (χ1n) is 9.57. The average Bonchev–Trinajstić information content (AvgIpc) is 2.66. The zero-order valence-corrected chi connectivity index (χ0v) is 17.8. The van der Waals surface area contributed by atoms with Crippen LogP contribution in [0, 0.1) is 0 Å². The van der Waals surface area contributed by atoms with Gasteiger partial charge in [0, 0.05) is 25.9 Å². The fourth-order valence-corrected chi connectivity index (χ4v) is 2.72. The molecule has 1 aliphatic rings. The van der Waals surface area contributed by atoms with Crippen molar-refractivity contribution in [3.05, 3.63) is 47.8 Å². The number of hydrogen-bond acceptors (Lipinski definition) is 4. The van der Waals surface area contributed by atoms with Crippen molar-refractivity contribution in [2.45, 2.75) is 45.4 Å². The monoisotopic (exact) mass is 424 g/mol. The lowest BCUT2D eigenvalue weighted by Gasteiger charge is -2.22. The van der Waals surface area contributed by atoms with Crippen LogP contribution in [0.25, 0.3) is 11.1 Å². The normalized spacial score (nSPS) is 13.3. The highest BCUT2D eigenvalue weighted by Gasteiger charge is 2.32. The molecular formula is C22H27F3N2O3. The van der Waals surface area contributed by atoms with E-state index in [1.165, 1.54) is 11.1 Å². The highest BCUT2D eigenvalue weighted by atomic mass is 19.4. The molecule has 0 N–H and O–H groups in total. The number of benzene rings is 1. The summed E-state index contributed by atoms with van der Waals surface area (Å²) in [5.41, 5.74) is 0.935. The number of para-hydroxylation sites is 1. The molecule has 0 bridgehead atoms. The van der Waals surface area contributed by atoms with Crippen LogP contribution in [-0.2, 0) is 17.3 Å². The van der Waals surface area contributed by atoms with Gasteiger partial charge >= 0.3 is 12.3 Å². The number of carbonyl (C=O) groups excluding carboxylic acids is 1. The van der Waals surface area contributed by atoms with Gasteiger partial charge in [-0.1, -0.05) is 18.2 Å². The number of aryl methyl sites for hydroxylation is 1. The number of nitrogens with zero attached hydrogens (tertiary/aromatic N) is 2. The number of aromatic nitrogens is 1. The number of halogens is 3. The SMILES string of the molecule is CN(C)C(=O)OC(C)(C)C.FC(F)(F)c1cc(-c2cccc3c2OCCC3)ccn1. The van der Waals surface area contributed by atoms with Crippen LogP contribution in [-0.4, -0.2) is 42.3 Å². The highest BCUT2D eigenvalue weighted by molar-refractivity contribution is 5.72. The molecule has 1 aromatic carbocycles. The lowest BCUT2D eigenvalue weighted by molar-refractivity contribution is -0.141. The van der Waals surface area contributed by atoms with E-state index in [0.717, 1.165) is 24.5 Å². The molecule has 0 fully saturated rings. The van der Waals surface area contributed by atoms with Crippen molar-refractivity contribution >= 4 is 6.09 Å². The first-order valence-corrected chi connectivity index (χ1v) is 9.57. The number of ether oxygens (including phenoxy) is 2. The predicted molar refractivity (Wildman–Crippen MR) is 108 cm³/mol. The van der Waals surface area contributed by atoms with Crippen LogP contribution in [0.2, 0.25) is 0 Å². The molecule has 1 aromatic heterocycles. The molecule has 3 rings (SSSR count). The van der Waals surface area contributed by atoms with Gasteiger partial charge in [0.2, 0.25) is 0 Å². The van der Waals surface area contributed by atoms with Crippen molar-refractivity contribution in [3.8, 4) is 16.9 Å². The van der Waals surface area contributed by atoms with Crippen LogP contribution in [0.1, 0.15) is 38.4 Å². The Hall–Kier alpha value is -2.77. The summed E-state index contributed by atoms with van der Waals surface area (Å²) in [5.74, 6) is 0.693. The molecule has 0 saturated heterocycles. The maximum Gasteiger partial charge on any atom is 0.433 e. The largest absolute Gasteiger partial charge is 0.493 e. The lowest BCUT2D eigenvalue weighted by Crippen LogP contribution is -2.31. The quantitative estimate of drug-likeness (QED) is 0.600. The molecule has 0 saturated carbocycles. The van der Waals surface area contributed by atoms with Crippen molar-refractivity contribution in [1.29, 1.82) is 0 Å². The third-order valence-corrected chi connectivity index (χ3v) is 4.05. The van der Waals surface area contributed by atoms with E-state index in [0.29, 0.717) is 23.5 Å². The summed E-state index contributed by atoms with van der Waals surface area (Å²) in [6, 6.07) is 8.20. The molecule has 0 aliphatic carbocycles. The van der Waals surface area contributed by atoms with Crippen LogP contribution in [0.5, 0.6) is 5.75 Å². The number of alkyl halides is 3. The van der Waals surface area contributed by atoms with Gasteiger partial charge in [-0.15, -0.1) is 0 Å². The summed E-state index contributed by atoms with van der Waals surface area (Å²) in [4.78, 5) is 15.7. The molecule has 0 radical (unpaired) electrons. The fourth-order valence-electron chi connectivity index (χ4n) is 2.72. The van der Waals surface area contributed by atoms with E-state index >= 15 is 0 Å². The fraction of sp³-hybridized carbons (Fsp3) is 0.455. The highest BCUT2D eigenvalue weighted by Crippen LogP contribution is 2.37. The summed E-state index contributed by atoms with van der Waals surface area (Å²) >= 11 is 0. The first kappa shape index (κ1) is 23.5. The third-order valence-electron chi connectivity index (χ3n) is 4.05. The van der Waals surface area contributed by atoms with Gasteiger partial charge in [-0.2, -0.15) is 13.2 Å². The summed E-state index contributed by atoms with van der Waals surface area (Å²) in [6.07, 6.45) is -1.74. The third kappa shape index (κ3) is 6.64. The molecule has 0 spiro atoms. The van der Waals surface area contributed by atoms with Gasteiger partial charge < -0.3 is 14.4 Å². The summed E-state index contributed by atoms with van der Waals surface area (Å²) < 4.78 is 48.8.